The second kappa shape index (κ2) is 6.02. The zero-order valence-corrected chi connectivity index (χ0v) is 12.2. The predicted molar refractivity (Wildman–Crippen MR) is 79.0 cm³/mol. The highest BCUT2D eigenvalue weighted by Crippen LogP contribution is 2.14. The highest BCUT2D eigenvalue weighted by Gasteiger charge is 2.06. The highest BCUT2D eigenvalue weighted by molar-refractivity contribution is 5.24. The van der Waals surface area contributed by atoms with Crippen molar-refractivity contribution in [3.63, 3.8) is 0 Å². The lowest BCUT2D eigenvalue weighted by molar-refractivity contribution is 0.530. The molecule has 2 rings (SSSR count). The summed E-state index contributed by atoms with van der Waals surface area (Å²) >= 11 is 0. The molecule has 0 aliphatic rings. The van der Waals surface area contributed by atoms with Crippen LogP contribution in [0.2, 0.25) is 0 Å². The van der Waals surface area contributed by atoms with Gasteiger partial charge in [0, 0.05) is 30.4 Å². The Balaban J connectivity index is 1.94. The second-order valence-corrected chi connectivity index (χ2v) is 5.44. The fourth-order valence-electron chi connectivity index (χ4n) is 2.08. The van der Waals surface area contributed by atoms with E-state index in [0.29, 0.717) is 12.1 Å². The fourth-order valence-corrected chi connectivity index (χ4v) is 2.08. The number of aryl methyl sites for hydroxylation is 1. The number of aromatic nitrogens is 2. The van der Waals surface area contributed by atoms with Gasteiger partial charge >= 0.3 is 0 Å². The summed E-state index contributed by atoms with van der Waals surface area (Å²) in [6.07, 6.45) is 4.05. The molecule has 1 atom stereocenters. The molecule has 0 amide bonds. The van der Waals surface area contributed by atoms with E-state index in [0.717, 1.165) is 6.54 Å². The summed E-state index contributed by atoms with van der Waals surface area (Å²) in [6, 6.07) is 9.41. The molecule has 3 nitrogen and oxygen atoms in total. The zero-order valence-electron chi connectivity index (χ0n) is 12.2. The number of benzene rings is 1. The monoisotopic (exact) mass is 257 g/mol. The Morgan fingerprint density at radius 3 is 2.68 bits per heavy atom. The van der Waals surface area contributed by atoms with Crippen LogP contribution in [0.5, 0.6) is 0 Å². The van der Waals surface area contributed by atoms with Crippen LogP contribution in [0, 0.1) is 6.92 Å². The molecule has 0 saturated carbocycles. The van der Waals surface area contributed by atoms with Crippen LogP contribution in [-0.2, 0) is 6.54 Å². The van der Waals surface area contributed by atoms with E-state index in [2.05, 4.69) is 68.6 Å². The largest absolute Gasteiger partial charge is 0.306 e. The third-order valence-electron chi connectivity index (χ3n) is 3.34. The lowest BCUT2D eigenvalue weighted by Gasteiger charge is -2.14. The third kappa shape index (κ3) is 3.67. The lowest BCUT2D eigenvalue weighted by Crippen LogP contribution is -2.17. The van der Waals surface area contributed by atoms with E-state index in [9.17, 15) is 0 Å². The first-order valence-corrected chi connectivity index (χ1v) is 6.89. The van der Waals surface area contributed by atoms with Crippen molar-refractivity contribution in [2.45, 2.75) is 46.3 Å². The average Bonchev–Trinajstić information content (AvgIpc) is 2.85. The first-order chi connectivity index (χ1) is 9.06. The van der Waals surface area contributed by atoms with E-state index in [1.807, 2.05) is 10.9 Å². The van der Waals surface area contributed by atoms with Crippen molar-refractivity contribution in [2.24, 2.45) is 0 Å². The molecule has 1 aromatic heterocycles. The fraction of sp³-hybridized carbons (Fsp3) is 0.438. The molecule has 0 radical (unpaired) electrons. The van der Waals surface area contributed by atoms with Crippen molar-refractivity contribution >= 4 is 0 Å². The minimum absolute atomic E-state index is 0.349. The van der Waals surface area contributed by atoms with Crippen molar-refractivity contribution in [2.75, 3.05) is 0 Å². The van der Waals surface area contributed by atoms with Crippen molar-refractivity contribution in [1.82, 2.24) is 15.1 Å². The van der Waals surface area contributed by atoms with Gasteiger partial charge in [-0.2, -0.15) is 5.10 Å². The summed E-state index contributed by atoms with van der Waals surface area (Å²) in [5.41, 5.74) is 3.86. The molecular weight excluding hydrogens is 234 g/mol. The van der Waals surface area contributed by atoms with Gasteiger partial charge in [-0.05, 0) is 33.3 Å². The van der Waals surface area contributed by atoms with E-state index < -0.39 is 0 Å². The molecule has 0 bridgehead atoms. The van der Waals surface area contributed by atoms with Gasteiger partial charge in [0.25, 0.3) is 0 Å². The van der Waals surface area contributed by atoms with Crippen LogP contribution < -0.4 is 5.32 Å². The van der Waals surface area contributed by atoms with Crippen molar-refractivity contribution < 1.29 is 0 Å². The summed E-state index contributed by atoms with van der Waals surface area (Å²) in [4.78, 5) is 0. The Bertz CT molecular complexity index is 528. The molecule has 0 spiro atoms. The smallest absolute Gasteiger partial charge is 0.0534 e. The molecule has 102 valence electrons. The van der Waals surface area contributed by atoms with Crippen LogP contribution in [0.3, 0.4) is 0 Å². The molecule has 0 aliphatic heterocycles. The van der Waals surface area contributed by atoms with Gasteiger partial charge in [-0.25, -0.2) is 0 Å². The van der Waals surface area contributed by atoms with Crippen LogP contribution in [-0.4, -0.2) is 9.78 Å². The lowest BCUT2D eigenvalue weighted by atomic mass is 10.1. The van der Waals surface area contributed by atoms with E-state index >= 15 is 0 Å². The molecule has 1 heterocycles. The first kappa shape index (κ1) is 13.8. The van der Waals surface area contributed by atoms with Gasteiger partial charge in [0.2, 0.25) is 0 Å². The SMILES string of the molecule is Cc1cccc([C@H](C)NCc2cnn(C(C)C)c2)c1. The number of nitrogens with zero attached hydrogens (tertiary/aromatic N) is 2. The van der Waals surface area contributed by atoms with Crippen LogP contribution in [0.4, 0.5) is 0 Å². The van der Waals surface area contributed by atoms with Crippen LogP contribution in [0.15, 0.2) is 36.7 Å². The standard InChI is InChI=1S/C16H23N3/c1-12(2)19-11-15(10-18-19)9-17-14(4)16-7-5-6-13(3)8-16/h5-8,10-12,14,17H,9H2,1-4H3/t14-/m0/s1. The van der Waals surface area contributed by atoms with Gasteiger partial charge in [0.1, 0.15) is 0 Å². The molecular formula is C16H23N3. The predicted octanol–water partition coefficient (Wildman–Crippen LogP) is 3.62. The summed E-state index contributed by atoms with van der Waals surface area (Å²) in [5.74, 6) is 0. The molecule has 0 fully saturated rings. The number of hydrogen-bond acceptors (Lipinski definition) is 2. The molecule has 0 saturated heterocycles. The van der Waals surface area contributed by atoms with Gasteiger partial charge in [0.05, 0.1) is 6.20 Å². The normalized spacial score (nSPS) is 12.9. The number of hydrogen-bond donors (Lipinski definition) is 1. The molecule has 2 aromatic rings. The van der Waals surface area contributed by atoms with Crippen molar-refractivity contribution in [3.05, 3.63) is 53.3 Å². The van der Waals surface area contributed by atoms with E-state index in [-0.39, 0.29) is 0 Å². The van der Waals surface area contributed by atoms with Gasteiger partial charge < -0.3 is 5.32 Å². The van der Waals surface area contributed by atoms with E-state index in [1.165, 1.54) is 16.7 Å². The maximum atomic E-state index is 4.36. The molecule has 3 heteroatoms. The van der Waals surface area contributed by atoms with E-state index in [1.54, 1.807) is 0 Å². The summed E-state index contributed by atoms with van der Waals surface area (Å²) in [6.45, 7) is 9.45. The molecule has 0 aliphatic carbocycles. The Morgan fingerprint density at radius 2 is 2.05 bits per heavy atom. The minimum Gasteiger partial charge on any atom is -0.306 e. The molecule has 0 unspecified atom stereocenters. The van der Waals surface area contributed by atoms with Gasteiger partial charge in [-0.3, -0.25) is 4.68 Å². The van der Waals surface area contributed by atoms with Crippen LogP contribution >= 0.6 is 0 Å². The van der Waals surface area contributed by atoms with Crippen molar-refractivity contribution in [1.29, 1.82) is 0 Å². The van der Waals surface area contributed by atoms with Gasteiger partial charge in [-0.1, -0.05) is 29.8 Å². The van der Waals surface area contributed by atoms with Gasteiger partial charge in [-0.15, -0.1) is 0 Å². The third-order valence-corrected chi connectivity index (χ3v) is 3.34. The van der Waals surface area contributed by atoms with Crippen molar-refractivity contribution in [3.8, 4) is 0 Å². The Hall–Kier alpha value is -1.61. The summed E-state index contributed by atoms with van der Waals surface area (Å²) < 4.78 is 1.99. The van der Waals surface area contributed by atoms with Crippen LogP contribution in [0.1, 0.15) is 49.5 Å². The van der Waals surface area contributed by atoms with Crippen LogP contribution in [0.25, 0.3) is 0 Å². The summed E-state index contributed by atoms with van der Waals surface area (Å²) in [7, 11) is 0. The Kier molecular flexibility index (Phi) is 4.38. The first-order valence-electron chi connectivity index (χ1n) is 6.89. The molecule has 19 heavy (non-hydrogen) atoms. The molecule has 1 aromatic carbocycles. The zero-order chi connectivity index (χ0) is 13.8. The Labute approximate surface area is 115 Å². The summed E-state index contributed by atoms with van der Waals surface area (Å²) in [5, 5.41) is 7.90. The topological polar surface area (TPSA) is 29.9 Å². The average molecular weight is 257 g/mol. The maximum absolute atomic E-state index is 4.36. The maximum Gasteiger partial charge on any atom is 0.0534 e. The second-order valence-electron chi connectivity index (χ2n) is 5.44. The number of nitrogens with one attached hydrogen (secondary N) is 1. The number of rotatable bonds is 5. The minimum atomic E-state index is 0.349. The highest BCUT2D eigenvalue weighted by atomic mass is 15.3. The molecule has 1 N–H and O–H groups in total. The quantitative estimate of drug-likeness (QED) is 0.886. The van der Waals surface area contributed by atoms with E-state index in [4.69, 9.17) is 0 Å². The van der Waals surface area contributed by atoms with Gasteiger partial charge in [0.15, 0.2) is 0 Å². The Morgan fingerprint density at radius 1 is 1.26 bits per heavy atom.